The molecule has 0 saturated heterocycles. The third-order valence-corrected chi connectivity index (χ3v) is 5.70. The van der Waals surface area contributed by atoms with Crippen LogP contribution in [-0.2, 0) is 0 Å². The summed E-state index contributed by atoms with van der Waals surface area (Å²) < 4.78 is 0. The SMILES string of the molecule is S=C(Nc1cccc(NC(=S)NC2CCCCC2)c1)NC1CCCCC1. The molecule has 4 N–H and O–H groups in total. The van der Waals surface area contributed by atoms with Crippen LogP contribution in [0.3, 0.4) is 0 Å². The number of anilines is 2. The van der Waals surface area contributed by atoms with E-state index in [9.17, 15) is 0 Å². The zero-order valence-corrected chi connectivity index (χ0v) is 17.0. The van der Waals surface area contributed by atoms with Crippen molar-refractivity contribution >= 4 is 46.0 Å². The van der Waals surface area contributed by atoms with Crippen molar-refractivity contribution in [1.29, 1.82) is 0 Å². The van der Waals surface area contributed by atoms with Crippen LogP contribution in [0.2, 0.25) is 0 Å². The van der Waals surface area contributed by atoms with Gasteiger partial charge in [0.25, 0.3) is 0 Å². The smallest absolute Gasteiger partial charge is 0.170 e. The molecule has 0 heterocycles. The summed E-state index contributed by atoms with van der Waals surface area (Å²) in [4.78, 5) is 0. The number of hydrogen-bond acceptors (Lipinski definition) is 2. The van der Waals surface area contributed by atoms with Crippen LogP contribution in [0.1, 0.15) is 64.2 Å². The van der Waals surface area contributed by atoms with Crippen molar-refractivity contribution in [2.75, 3.05) is 10.6 Å². The van der Waals surface area contributed by atoms with Gasteiger partial charge < -0.3 is 21.3 Å². The van der Waals surface area contributed by atoms with E-state index in [1.807, 2.05) is 24.3 Å². The Morgan fingerprint density at radius 3 is 1.54 bits per heavy atom. The van der Waals surface area contributed by atoms with Crippen LogP contribution in [0.15, 0.2) is 24.3 Å². The molecular weight excluding hydrogens is 360 g/mol. The molecule has 0 amide bonds. The summed E-state index contributed by atoms with van der Waals surface area (Å²) in [6, 6.07) is 9.13. The van der Waals surface area contributed by atoms with E-state index in [0.717, 1.165) is 11.4 Å². The fourth-order valence-electron chi connectivity index (χ4n) is 3.87. The molecule has 0 atom stereocenters. The van der Waals surface area contributed by atoms with Gasteiger partial charge in [0.1, 0.15) is 0 Å². The topological polar surface area (TPSA) is 48.1 Å². The highest BCUT2D eigenvalue weighted by molar-refractivity contribution is 7.80. The molecule has 4 nitrogen and oxygen atoms in total. The molecular formula is C20H30N4S2. The first-order chi connectivity index (χ1) is 12.7. The largest absolute Gasteiger partial charge is 0.360 e. The Morgan fingerprint density at radius 2 is 1.12 bits per heavy atom. The Kier molecular flexibility index (Phi) is 7.50. The maximum Gasteiger partial charge on any atom is 0.170 e. The second-order valence-corrected chi connectivity index (χ2v) is 8.26. The number of rotatable bonds is 4. The molecule has 3 rings (SSSR count). The van der Waals surface area contributed by atoms with Gasteiger partial charge in [0, 0.05) is 23.5 Å². The minimum atomic E-state index is 0.511. The van der Waals surface area contributed by atoms with E-state index in [1.165, 1.54) is 64.2 Å². The molecule has 0 spiro atoms. The average Bonchev–Trinajstić information content (AvgIpc) is 2.63. The van der Waals surface area contributed by atoms with E-state index in [-0.39, 0.29) is 0 Å². The lowest BCUT2D eigenvalue weighted by molar-refractivity contribution is 0.415. The van der Waals surface area contributed by atoms with E-state index in [0.29, 0.717) is 22.3 Å². The molecule has 0 aromatic heterocycles. The highest BCUT2D eigenvalue weighted by Gasteiger charge is 2.15. The normalized spacial score (nSPS) is 18.8. The lowest BCUT2D eigenvalue weighted by Crippen LogP contribution is -2.39. The molecule has 0 unspecified atom stereocenters. The van der Waals surface area contributed by atoms with Crippen LogP contribution >= 0.6 is 24.4 Å². The first-order valence-electron chi connectivity index (χ1n) is 9.94. The molecule has 0 radical (unpaired) electrons. The van der Waals surface area contributed by atoms with E-state index in [1.54, 1.807) is 0 Å². The summed E-state index contributed by atoms with van der Waals surface area (Å²) in [5.41, 5.74) is 1.95. The third-order valence-electron chi connectivity index (χ3n) is 5.26. The van der Waals surface area contributed by atoms with Crippen LogP contribution in [-0.4, -0.2) is 22.3 Å². The molecule has 2 fully saturated rings. The van der Waals surface area contributed by atoms with Crippen molar-refractivity contribution in [3.05, 3.63) is 24.3 Å². The third kappa shape index (κ3) is 6.40. The summed E-state index contributed by atoms with van der Waals surface area (Å²) in [5.74, 6) is 0. The lowest BCUT2D eigenvalue weighted by atomic mass is 9.96. The predicted octanol–water partition coefficient (Wildman–Crippen LogP) is 4.92. The number of benzene rings is 1. The van der Waals surface area contributed by atoms with E-state index >= 15 is 0 Å². The second-order valence-electron chi connectivity index (χ2n) is 7.45. The maximum absolute atomic E-state index is 5.48. The van der Waals surface area contributed by atoms with Gasteiger partial charge in [0.15, 0.2) is 10.2 Å². The molecule has 2 saturated carbocycles. The number of thiocarbonyl (C=S) groups is 2. The van der Waals surface area contributed by atoms with Gasteiger partial charge in [0.2, 0.25) is 0 Å². The van der Waals surface area contributed by atoms with Crippen LogP contribution in [0, 0.1) is 0 Å². The Bertz CT molecular complexity index is 558. The molecule has 2 aliphatic rings. The van der Waals surface area contributed by atoms with Crippen molar-refractivity contribution in [3.63, 3.8) is 0 Å². The monoisotopic (exact) mass is 390 g/mol. The first-order valence-corrected chi connectivity index (χ1v) is 10.8. The predicted molar refractivity (Wildman–Crippen MR) is 119 cm³/mol. The summed E-state index contributed by atoms with van der Waals surface area (Å²) in [5, 5.41) is 14.9. The van der Waals surface area contributed by atoms with E-state index in [2.05, 4.69) is 21.3 Å². The molecule has 1 aromatic rings. The summed E-state index contributed by atoms with van der Waals surface area (Å²) in [7, 11) is 0. The summed E-state index contributed by atoms with van der Waals surface area (Å²) >= 11 is 11.0. The minimum Gasteiger partial charge on any atom is -0.360 e. The first kappa shape index (κ1) is 19.4. The van der Waals surface area contributed by atoms with Crippen molar-refractivity contribution < 1.29 is 0 Å². The molecule has 0 bridgehead atoms. The van der Waals surface area contributed by atoms with Crippen molar-refractivity contribution in [2.45, 2.75) is 76.3 Å². The van der Waals surface area contributed by atoms with E-state index < -0.39 is 0 Å². The highest BCUT2D eigenvalue weighted by atomic mass is 32.1. The zero-order valence-electron chi connectivity index (χ0n) is 15.4. The lowest BCUT2D eigenvalue weighted by Gasteiger charge is -2.25. The molecule has 2 aliphatic carbocycles. The van der Waals surface area contributed by atoms with Gasteiger partial charge in [-0.25, -0.2) is 0 Å². The molecule has 26 heavy (non-hydrogen) atoms. The van der Waals surface area contributed by atoms with Gasteiger partial charge in [-0.1, -0.05) is 44.6 Å². The van der Waals surface area contributed by atoms with Crippen LogP contribution in [0.25, 0.3) is 0 Å². The summed E-state index contributed by atoms with van der Waals surface area (Å²) in [6.45, 7) is 0. The highest BCUT2D eigenvalue weighted by Crippen LogP contribution is 2.20. The second kappa shape index (κ2) is 10.1. The van der Waals surface area contributed by atoms with Gasteiger partial charge in [-0.15, -0.1) is 0 Å². The minimum absolute atomic E-state index is 0.511. The van der Waals surface area contributed by atoms with Crippen molar-refractivity contribution in [3.8, 4) is 0 Å². The Balaban J connectivity index is 1.47. The van der Waals surface area contributed by atoms with Crippen LogP contribution in [0.4, 0.5) is 11.4 Å². The quantitative estimate of drug-likeness (QED) is 0.547. The fraction of sp³-hybridized carbons (Fsp3) is 0.600. The molecule has 1 aromatic carbocycles. The van der Waals surface area contributed by atoms with Crippen molar-refractivity contribution in [2.24, 2.45) is 0 Å². The van der Waals surface area contributed by atoms with Crippen LogP contribution < -0.4 is 21.3 Å². The van der Waals surface area contributed by atoms with Gasteiger partial charge in [0.05, 0.1) is 0 Å². The average molecular weight is 391 g/mol. The molecule has 0 aliphatic heterocycles. The standard InChI is InChI=1S/C20H30N4S2/c25-19(21-15-8-3-1-4-9-15)23-17-12-7-13-18(14-17)24-20(26)22-16-10-5-2-6-11-16/h7,12-16H,1-6,8-11H2,(H2,21,23,25)(H2,22,24,26). The Morgan fingerprint density at radius 1 is 0.692 bits per heavy atom. The fourth-order valence-corrected chi connectivity index (χ4v) is 4.44. The number of hydrogen-bond donors (Lipinski definition) is 4. The molecule has 142 valence electrons. The van der Waals surface area contributed by atoms with E-state index in [4.69, 9.17) is 24.4 Å². The molecule has 6 heteroatoms. The van der Waals surface area contributed by atoms with Gasteiger partial charge >= 0.3 is 0 Å². The zero-order chi connectivity index (χ0) is 18.2. The maximum atomic E-state index is 5.48. The number of nitrogens with one attached hydrogen (secondary N) is 4. The van der Waals surface area contributed by atoms with Crippen LogP contribution in [0.5, 0.6) is 0 Å². The van der Waals surface area contributed by atoms with Crippen molar-refractivity contribution in [1.82, 2.24) is 10.6 Å². The Hall–Kier alpha value is -1.40. The Labute approximate surface area is 167 Å². The summed E-state index contributed by atoms with van der Waals surface area (Å²) in [6.07, 6.45) is 12.7. The van der Waals surface area contributed by atoms with Gasteiger partial charge in [-0.05, 0) is 68.3 Å². The van der Waals surface area contributed by atoms with Gasteiger partial charge in [-0.3, -0.25) is 0 Å². The van der Waals surface area contributed by atoms with Gasteiger partial charge in [-0.2, -0.15) is 0 Å².